The van der Waals surface area contributed by atoms with Crippen molar-refractivity contribution in [2.24, 2.45) is 0 Å². The molecule has 1 N–H and O–H groups in total. The molecule has 43 heavy (non-hydrogen) atoms. The highest BCUT2D eigenvalue weighted by Crippen LogP contribution is 2.57. The van der Waals surface area contributed by atoms with Gasteiger partial charge in [-0.05, 0) is 44.5 Å². The summed E-state index contributed by atoms with van der Waals surface area (Å²) in [7, 11) is -1.25. The molecular weight excluding hydrogens is 572 g/mol. The molecule has 1 amide bonds. The summed E-state index contributed by atoms with van der Waals surface area (Å²) in [6.07, 6.45) is 2.72. The van der Waals surface area contributed by atoms with Crippen LogP contribution in [0, 0.1) is 0 Å². The van der Waals surface area contributed by atoms with Gasteiger partial charge < -0.3 is 29.2 Å². The molecule has 13 heteroatoms. The van der Waals surface area contributed by atoms with Gasteiger partial charge in [0.1, 0.15) is 35.9 Å². The minimum atomic E-state index is -2.73. The number of amides is 1. The standard InChI is InChI=1S/C30H43F2N7O3Si/c1-29(2,3)42-28(40)38-12-10-37(11-13-38)24-9-7-8-21(36-24)17-33-26-25-22(23-16-30(23,31)32)18-39(27(25)35-19-34-26)20-41-14-15-43(4,5)6/h7-9,18-19,23H,10-17,20H2,1-6H3,(H,33,34,35). The Bertz CT molecular complexity index is 1450. The van der Waals surface area contributed by atoms with Crippen LogP contribution in [0.15, 0.2) is 30.7 Å². The molecule has 1 saturated heterocycles. The van der Waals surface area contributed by atoms with E-state index in [1.807, 2.05) is 43.5 Å². The number of fused-ring (bicyclic) bond motifs is 1. The van der Waals surface area contributed by atoms with Gasteiger partial charge in [-0.15, -0.1) is 0 Å². The number of halogens is 2. The van der Waals surface area contributed by atoms with Crippen molar-refractivity contribution in [3.8, 4) is 0 Å². The molecule has 1 saturated carbocycles. The van der Waals surface area contributed by atoms with Crippen LogP contribution in [0.1, 0.15) is 44.4 Å². The van der Waals surface area contributed by atoms with E-state index in [1.54, 1.807) is 11.1 Å². The average Bonchev–Trinajstić information content (AvgIpc) is 3.41. The lowest BCUT2D eigenvalue weighted by atomic mass is 10.1. The van der Waals surface area contributed by atoms with Crippen molar-refractivity contribution in [2.45, 2.75) is 83.6 Å². The Morgan fingerprint density at radius 1 is 1.14 bits per heavy atom. The van der Waals surface area contributed by atoms with E-state index in [2.05, 4.69) is 39.8 Å². The summed E-state index contributed by atoms with van der Waals surface area (Å²) >= 11 is 0. The molecule has 0 bridgehead atoms. The zero-order chi connectivity index (χ0) is 31.0. The van der Waals surface area contributed by atoms with Crippen molar-refractivity contribution in [3.05, 3.63) is 42.0 Å². The zero-order valence-corrected chi connectivity index (χ0v) is 27.0. The fourth-order valence-electron chi connectivity index (χ4n) is 5.10. The number of hydrogen-bond acceptors (Lipinski definition) is 8. The molecule has 3 aromatic heterocycles. The van der Waals surface area contributed by atoms with Crippen molar-refractivity contribution in [1.29, 1.82) is 0 Å². The number of hydrogen-bond donors (Lipinski definition) is 1. The van der Waals surface area contributed by atoms with Gasteiger partial charge in [0.25, 0.3) is 5.92 Å². The fraction of sp³-hybridized carbons (Fsp3) is 0.600. The van der Waals surface area contributed by atoms with Crippen molar-refractivity contribution in [2.75, 3.05) is 43.0 Å². The largest absolute Gasteiger partial charge is 0.444 e. The Balaban J connectivity index is 1.27. The van der Waals surface area contributed by atoms with Gasteiger partial charge >= 0.3 is 6.09 Å². The number of nitrogens with zero attached hydrogens (tertiary/aromatic N) is 6. The van der Waals surface area contributed by atoms with E-state index in [0.717, 1.165) is 17.6 Å². The number of nitrogens with one attached hydrogen (secondary N) is 1. The fourth-order valence-corrected chi connectivity index (χ4v) is 5.86. The van der Waals surface area contributed by atoms with Gasteiger partial charge in [-0.3, -0.25) is 0 Å². The van der Waals surface area contributed by atoms with E-state index in [1.165, 1.54) is 6.33 Å². The number of alkyl halides is 2. The van der Waals surface area contributed by atoms with Crippen LogP contribution in [0.25, 0.3) is 11.0 Å². The lowest BCUT2D eigenvalue weighted by Crippen LogP contribution is -2.50. The minimum Gasteiger partial charge on any atom is -0.444 e. The maximum Gasteiger partial charge on any atom is 0.410 e. The summed E-state index contributed by atoms with van der Waals surface area (Å²) in [5.41, 5.74) is 1.37. The van der Waals surface area contributed by atoms with Gasteiger partial charge in [0, 0.05) is 53.5 Å². The van der Waals surface area contributed by atoms with Gasteiger partial charge in [0.05, 0.1) is 23.5 Å². The normalized spacial score (nSPS) is 18.7. The number of piperazine rings is 1. The smallest absolute Gasteiger partial charge is 0.410 e. The van der Waals surface area contributed by atoms with E-state index in [-0.39, 0.29) is 19.2 Å². The first-order valence-corrected chi connectivity index (χ1v) is 18.6. The van der Waals surface area contributed by atoms with Crippen LogP contribution in [0.4, 0.5) is 25.2 Å². The Morgan fingerprint density at radius 3 is 2.51 bits per heavy atom. The molecule has 1 aliphatic heterocycles. The Labute approximate surface area is 252 Å². The first-order chi connectivity index (χ1) is 20.2. The topological polar surface area (TPSA) is 97.6 Å². The van der Waals surface area contributed by atoms with E-state index < -0.39 is 25.5 Å². The maximum absolute atomic E-state index is 14.3. The molecule has 4 heterocycles. The van der Waals surface area contributed by atoms with Gasteiger partial charge in [0.15, 0.2) is 0 Å². The van der Waals surface area contributed by atoms with E-state index in [0.29, 0.717) is 61.7 Å². The van der Waals surface area contributed by atoms with E-state index >= 15 is 0 Å². The number of rotatable bonds is 10. The molecular formula is C30H43F2N7O3Si. The number of pyridine rings is 1. The first kappa shape index (κ1) is 31.1. The summed E-state index contributed by atoms with van der Waals surface area (Å²) < 4.78 is 41.8. The van der Waals surface area contributed by atoms with Crippen LogP contribution in [0.3, 0.4) is 0 Å². The van der Waals surface area contributed by atoms with Crippen molar-refractivity contribution < 1.29 is 23.0 Å². The summed E-state index contributed by atoms with van der Waals surface area (Å²) in [6, 6.07) is 6.83. The molecule has 234 valence electrons. The molecule has 5 rings (SSSR count). The molecule has 1 atom stereocenters. The van der Waals surface area contributed by atoms with Crippen LogP contribution in [0.5, 0.6) is 0 Å². The molecule has 0 spiro atoms. The summed E-state index contributed by atoms with van der Waals surface area (Å²) in [6.45, 7) is 16.1. The number of carbonyl (C=O) groups is 1. The van der Waals surface area contributed by atoms with Crippen LogP contribution >= 0.6 is 0 Å². The molecule has 3 aromatic rings. The van der Waals surface area contributed by atoms with Crippen LogP contribution in [-0.4, -0.2) is 82.9 Å². The minimum absolute atomic E-state index is 0.179. The van der Waals surface area contributed by atoms with Crippen molar-refractivity contribution in [1.82, 2.24) is 24.4 Å². The average molecular weight is 616 g/mol. The third-order valence-electron chi connectivity index (χ3n) is 7.60. The second kappa shape index (κ2) is 12.0. The lowest BCUT2D eigenvalue weighted by Gasteiger charge is -2.36. The van der Waals surface area contributed by atoms with Gasteiger partial charge in [-0.25, -0.2) is 28.5 Å². The summed E-state index contributed by atoms with van der Waals surface area (Å²) in [5, 5.41) is 3.94. The Morgan fingerprint density at radius 2 is 1.86 bits per heavy atom. The summed E-state index contributed by atoms with van der Waals surface area (Å²) in [5.74, 6) is -2.27. The van der Waals surface area contributed by atoms with Crippen LogP contribution in [-0.2, 0) is 22.7 Å². The monoisotopic (exact) mass is 615 g/mol. The third kappa shape index (κ3) is 7.80. The van der Waals surface area contributed by atoms with Gasteiger partial charge in [-0.1, -0.05) is 25.7 Å². The highest BCUT2D eigenvalue weighted by molar-refractivity contribution is 6.76. The van der Waals surface area contributed by atoms with Crippen molar-refractivity contribution >= 4 is 36.8 Å². The third-order valence-corrected chi connectivity index (χ3v) is 9.30. The number of ether oxygens (including phenoxy) is 2. The molecule has 1 unspecified atom stereocenters. The molecule has 0 aromatic carbocycles. The Hall–Kier alpha value is -3.32. The molecule has 10 nitrogen and oxygen atoms in total. The SMILES string of the molecule is CC(C)(C)OC(=O)N1CCN(c2cccc(CNc3ncnc4c3c(C3CC3(F)F)cn4COCC[Si](C)(C)C)n2)CC1. The van der Waals surface area contributed by atoms with Crippen molar-refractivity contribution in [3.63, 3.8) is 0 Å². The van der Waals surface area contributed by atoms with Crippen LogP contribution in [0.2, 0.25) is 25.7 Å². The highest BCUT2D eigenvalue weighted by atomic mass is 28.3. The zero-order valence-electron chi connectivity index (χ0n) is 26.0. The van der Waals surface area contributed by atoms with E-state index in [9.17, 15) is 13.6 Å². The predicted molar refractivity (Wildman–Crippen MR) is 166 cm³/mol. The number of anilines is 2. The number of aromatic nitrogens is 4. The summed E-state index contributed by atoms with van der Waals surface area (Å²) in [4.78, 5) is 30.0. The van der Waals surface area contributed by atoms with E-state index in [4.69, 9.17) is 14.5 Å². The number of carbonyl (C=O) groups excluding carboxylic acids is 1. The lowest BCUT2D eigenvalue weighted by molar-refractivity contribution is 0.0240. The predicted octanol–water partition coefficient (Wildman–Crippen LogP) is 5.93. The molecule has 2 aliphatic rings. The maximum atomic E-state index is 14.3. The van der Waals surface area contributed by atoms with Gasteiger partial charge in [0.2, 0.25) is 0 Å². The molecule has 0 radical (unpaired) electrons. The van der Waals surface area contributed by atoms with Crippen LogP contribution < -0.4 is 10.2 Å². The highest BCUT2D eigenvalue weighted by Gasteiger charge is 2.58. The molecule has 1 aliphatic carbocycles. The second-order valence-corrected chi connectivity index (χ2v) is 19.3. The quantitative estimate of drug-likeness (QED) is 0.221. The van der Waals surface area contributed by atoms with Gasteiger partial charge in [-0.2, -0.15) is 0 Å². The Kier molecular flexibility index (Phi) is 8.67. The second-order valence-electron chi connectivity index (χ2n) is 13.6. The first-order valence-electron chi connectivity index (χ1n) is 14.9. The molecule has 2 fully saturated rings.